The fourth-order valence-electron chi connectivity index (χ4n) is 2.86. The second kappa shape index (κ2) is 8.56. The minimum atomic E-state index is 0.00446. The lowest BCUT2D eigenvalue weighted by Gasteiger charge is -2.16. The molecule has 0 heterocycles. The molecule has 2 aromatic carbocycles. The monoisotopic (exact) mass is 340 g/mol. The number of benzene rings is 2. The van der Waals surface area contributed by atoms with Gasteiger partial charge in [0.1, 0.15) is 5.75 Å². The highest BCUT2D eigenvalue weighted by Gasteiger charge is 2.09. The van der Waals surface area contributed by atoms with E-state index in [2.05, 4.69) is 29.7 Å². The van der Waals surface area contributed by atoms with E-state index in [0.29, 0.717) is 13.0 Å². The molecule has 0 aromatic heterocycles. The summed E-state index contributed by atoms with van der Waals surface area (Å²) in [4.78, 5) is 12.3. The van der Waals surface area contributed by atoms with Crippen molar-refractivity contribution in [3.8, 4) is 5.75 Å². The van der Waals surface area contributed by atoms with Gasteiger partial charge in [0.2, 0.25) is 5.91 Å². The van der Waals surface area contributed by atoms with Gasteiger partial charge in [-0.05, 0) is 57.9 Å². The van der Waals surface area contributed by atoms with Crippen LogP contribution in [-0.2, 0) is 4.79 Å². The van der Waals surface area contributed by atoms with Gasteiger partial charge in [0.05, 0.1) is 11.8 Å². The average Bonchev–Trinajstić information content (AvgIpc) is 2.52. The molecular weight excluding hydrogens is 312 g/mol. The summed E-state index contributed by atoms with van der Waals surface area (Å²) in [5.41, 5.74) is 5.21. The summed E-state index contributed by atoms with van der Waals surface area (Å²) < 4.78 is 5.78. The minimum Gasteiger partial charge on any atom is -0.489 e. The van der Waals surface area contributed by atoms with Crippen LogP contribution in [0.3, 0.4) is 0 Å². The van der Waals surface area contributed by atoms with Crippen molar-refractivity contribution in [1.29, 1.82) is 0 Å². The third-order valence-corrected chi connectivity index (χ3v) is 3.86. The molecule has 25 heavy (non-hydrogen) atoms. The quantitative estimate of drug-likeness (QED) is 0.758. The molecule has 0 aliphatic carbocycles. The number of hydrogen-bond acceptors (Lipinski definition) is 3. The maximum Gasteiger partial charge on any atom is 0.226 e. The van der Waals surface area contributed by atoms with Crippen LogP contribution in [0.25, 0.3) is 0 Å². The lowest BCUT2D eigenvalue weighted by Crippen LogP contribution is -2.18. The maximum absolute atomic E-state index is 12.3. The first-order valence-electron chi connectivity index (χ1n) is 8.74. The molecule has 2 rings (SSSR count). The molecule has 0 bridgehead atoms. The van der Waals surface area contributed by atoms with Crippen molar-refractivity contribution >= 4 is 17.3 Å². The molecule has 0 saturated heterocycles. The molecule has 0 atom stereocenters. The van der Waals surface area contributed by atoms with Crippen LogP contribution < -0.4 is 15.4 Å². The number of amides is 1. The van der Waals surface area contributed by atoms with Crippen molar-refractivity contribution in [3.05, 3.63) is 53.1 Å². The van der Waals surface area contributed by atoms with Crippen LogP contribution in [0.5, 0.6) is 5.75 Å². The molecule has 0 saturated carbocycles. The molecule has 0 aliphatic rings. The number of nitrogens with one attached hydrogen (secondary N) is 2. The fourth-order valence-corrected chi connectivity index (χ4v) is 2.86. The average molecular weight is 340 g/mol. The number of ether oxygens (including phenoxy) is 1. The van der Waals surface area contributed by atoms with Crippen molar-refractivity contribution in [1.82, 2.24) is 0 Å². The van der Waals surface area contributed by atoms with E-state index in [0.717, 1.165) is 28.3 Å². The fraction of sp³-hybridized carbons (Fsp3) is 0.381. The van der Waals surface area contributed by atoms with Gasteiger partial charge in [0, 0.05) is 18.7 Å². The Hall–Kier alpha value is -2.49. The highest BCUT2D eigenvalue weighted by atomic mass is 16.5. The van der Waals surface area contributed by atoms with Crippen molar-refractivity contribution in [2.45, 2.75) is 47.1 Å². The van der Waals surface area contributed by atoms with E-state index in [-0.39, 0.29) is 12.0 Å². The Labute approximate surface area is 150 Å². The standard InChI is InChI=1S/C21H28N2O2/c1-14(2)25-19-9-7-6-8-18(19)22-11-10-20(24)23-21-16(4)12-15(3)13-17(21)5/h6-9,12-14,22H,10-11H2,1-5H3,(H,23,24). The van der Waals surface area contributed by atoms with E-state index in [1.165, 1.54) is 5.56 Å². The molecule has 0 aliphatic heterocycles. The van der Waals surface area contributed by atoms with Gasteiger partial charge in [-0.3, -0.25) is 4.79 Å². The van der Waals surface area contributed by atoms with E-state index in [4.69, 9.17) is 4.74 Å². The topological polar surface area (TPSA) is 50.4 Å². The third-order valence-electron chi connectivity index (χ3n) is 3.86. The van der Waals surface area contributed by atoms with Crippen LogP contribution in [0.1, 0.15) is 37.0 Å². The Morgan fingerprint density at radius 3 is 2.36 bits per heavy atom. The van der Waals surface area contributed by atoms with Crippen LogP contribution in [0, 0.1) is 20.8 Å². The third kappa shape index (κ3) is 5.52. The van der Waals surface area contributed by atoms with Crippen molar-refractivity contribution in [2.75, 3.05) is 17.2 Å². The van der Waals surface area contributed by atoms with Gasteiger partial charge < -0.3 is 15.4 Å². The molecule has 0 spiro atoms. The second-order valence-electron chi connectivity index (χ2n) is 6.66. The van der Waals surface area contributed by atoms with Crippen LogP contribution in [0.4, 0.5) is 11.4 Å². The van der Waals surface area contributed by atoms with Gasteiger partial charge in [0.15, 0.2) is 0 Å². The predicted molar refractivity (Wildman–Crippen MR) is 105 cm³/mol. The Morgan fingerprint density at radius 2 is 1.72 bits per heavy atom. The molecular formula is C21H28N2O2. The maximum atomic E-state index is 12.3. The molecule has 2 N–H and O–H groups in total. The zero-order valence-electron chi connectivity index (χ0n) is 15.8. The van der Waals surface area contributed by atoms with Crippen molar-refractivity contribution in [2.24, 2.45) is 0 Å². The number of rotatable bonds is 7. The normalized spacial score (nSPS) is 10.6. The highest BCUT2D eigenvalue weighted by Crippen LogP contribution is 2.25. The highest BCUT2D eigenvalue weighted by molar-refractivity contribution is 5.92. The van der Waals surface area contributed by atoms with Gasteiger partial charge in [-0.2, -0.15) is 0 Å². The van der Waals surface area contributed by atoms with E-state index in [1.54, 1.807) is 0 Å². The smallest absolute Gasteiger partial charge is 0.226 e. The van der Waals surface area contributed by atoms with Gasteiger partial charge in [0.25, 0.3) is 0 Å². The molecule has 2 aromatic rings. The number of carbonyl (C=O) groups excluding carboxylic acids is 1. The summed E-state index contributed by atoms with van der Waals surface area (Å²) in [7, 11) is 0. The van der Waals surface area contributed by atoms with Crippen molar-refractivity contribution < 1.29 is 9.53 Å². The zero-order chi connectivity index (χ0) is 18.4. The molecule has 4 nitrogen and oxygen atoms in total. The number of hydrogen-bond donors (Lipinski definition) is 2. The number of anilines is 2. The predicted octanol–water partition coefficient (Wildman–Crippen LogP) is 4.84. The minimum absolute atomic E-state index is 0.00446. The summed E-state index contributed by atoms with van der Waals surface area (Å²) in [6.45, 7) is 10.6. The summed E-state index contributed by atoms with van der Waals surface area (Å²) in [6.07, 6.45) is 0.502. The summed E-state index contributed by atoms with van der Waals surface area (Å²) in [5.74, 6) is 0.813. The molecule has 0 unspecified atom stereocenters. The second-order valence-corrected chi connectivity index (χ2v) is 6.66. The largest absolute Gasteiger partial charge is 0.489 e. The number of aryl methyl sites for hydroxylation is 3. The van der Waals surface area contributed by atoms with Crippen LogP contribution in [-0.4, -0.2) is 18.6 Å². The van der Waals surface area contributed by atoms with E-state index >= 15 is 0 Å². The zero-order valence-corrected chi connectivity index (χ0v) is 15.8. The van der Waals surface area contributed by atoms with E-state index < -0.39 is 0 Å². The van der Waals surface area contributed by atoms with Gasteiger partial charge >= 0.3 is 0 Å². The van der Waals surface area contributed by atoms with Gasteiger partial charge in [-0.1, -0.05) is 29.8 Å². The molecule has 0 radical (unpaired) electrons. The first-order valence-corrected chi connectivity index (χ1v) is 8.74. The van der Waals surface area contributed by atoms with E-state index in [9.17, 15) is 4.79 Å². The lowest BCUT2D eigenvalue weighted by molar-refractivity contribution is -0.116. The van der Waals surface area contributed by atoms with Gasteiger partial charge in [-0.25, -0.2) is 0 Å². The summed E-state index contributed by atoms with van der Waals surface area (Å²) >= 11 is 0. The first kappa shape index (κ1) is 18.8. The van der Waals surface area contributed by atoms with Crippen molar-refractivity contribution in [3.63, 3.8) is 0 Å². The summed E-state index contributed by atoms with van der Waals surface area (Å²) in [6, 6.07) is 12.0. The molecule has 134 valence electrons. The summed E-state index contributed by atoms with van der Waals surface area (Å²) in [5, 5.41) is 6.32. The Kier molecular flexibility index (Phi) is 6.45. The SMILES string of the molecule is Cc1cc(C)c(NC(=O)CCNc2ccccc2OC(C)C)c(C)c1. The van der Waals surface area contributed by atoms with Crippen LogP contribution in [0.2, 0.25) is 0 Å². The lowest BCUT2D eigenvalue weighted by atomic mass is 10.1. The molecule has 1 amide bonds. The molecule has 4 heteroatoms. The number of para-hydroxylation sites is 2. The molecule has 0 fully saturated rings. The van der Waals surface area contributed by atoms with Crippen LogP contribution >= 0.6 is 0 Å². The number of carbonyl (C=O) groups is 1. The first-order chi connectivity index (χ1) is 11.9. The Bertz CT molecular complexity index is 715. The van der Waals surface area contributed by atoms with Crippen LogP contribution in [0.15, 0.2) is 36.4 Å². The van der Waals surface area contributed by atoms with Gasteiger partial charge in [-0.15, -0.1) is 0 Å². The Morgan fingerprint density at radius 1 is 1.08 bits per heavy atom. The van der Waals surface area contributed by atoms with E-state index in [1.807, 2.05) is 52.0 Å². The Balaban J connectivity index is 1.92.